The van der Waals surface area contributed by atoms with Crippen LogP contribution < -0.4 is 5.32 Å². The lowest BCUT2D eigenvalue weighted by atomic mass is 9.95. The Labute approximate surface area is 79.9 Å². The van der Waals surface area contributed by atoms with Gasteiger partial charge >= 0.3 is 0 Å². The summed E-state index contributed by atoms with van der Waals surface area (Å²) in [6.45, 7) is 5.50. The average Bonchev–Trinajstić information content (AvgIpc) is 2.05. The van der Waals surface area contributed by atoms with Gasteiger partial charge in [0.2, 0.25) is 5.91 Å². The first kappa shape index (κ1) is 12.1. The number of hydrogen-bond donors (Lipinski definition) is 1. The van der Waals surface area contributed by atoms with Gasteiger partial charge in [-0.2, -0.15) is 0 Å². The Morgan fingerprint density at radius 3 is 2.38 bits per heavy atom. The van der Waals surface area contributed by atoms with Crippen LogP contribution in [0.1, 0.15) is 40.0 Å². The molecule has 0 saturated carbocycles. The van der Waals surface area contributed by atoms with Gasteiger partial charge in [-0.05, 0) is 12.8 Å². The molecule has 0 saturated heterocycles. The molecule has 1 amide bonds. The fourth-order valence-electron chi connectivity index (χ4n) is 1.44. The Balaban J connectivity index is 4.19. The lowest BCUT2D eigenvalue weighted by Gasteiger charge is -2.21. The van der Waals surface area contributed by atoms with Crippen molar-refractivity contribution >= 4 is 12.2 Å². The molecule has 13 heavy (non-hydrogen) atoms. The maximum absolute atomic E-state index is 10.8. The average molecular weight is 185 g/mol. The molecule has 0 rings (SSSR count). The van der Waals surface area contributed by atoms with E-state index in [4.69, 9.17) is 0 Å². The minimum absolute atomic E-state index is 0.0185. The van der Waals surface area contributed by atoms with Crippen LogP contribution in [0.3, 0.4) is 0 Å². The van der Waals surface area contributed by atoms with Crippen molar-refractivity contribution in [2.45, 2.75) is 46.1 Å². The summed E-state index contributed by atoms with van der Waals surface area (Å²) in [6, 6.07) is 0.0185. The van der Waals surface area contributed by atoms with Crippen LogP contribution in [-0.4, -0.2) is 18.2 Å². The van der Waals surface area contributed by atoms with Gasteiger partial charge in [0.15, 0.2) is 0 Å². The van der Waals surface area contributed by atoms with Gasteiger partial charge in [0.1, 0.15) is 6.29 Å². The molecule has 2 unspecified atom stereocenters. The van der Waals surface area contributed by atoms with Crippen LogP contribution in [0.15, 0.2) is 0 Å². The fraction of sp³-hybridized carbons (Fsp3) is 0.800. The molecule has 0 fully saturated rings. The minimum atomic E-state index is -0.0567. The van der Waals surface area contributed by atoms with Crippen LogP contribution in [0.4, 0.5) is 0 Å². The van der Waals surface area contributed by atoms with Crippen LogP contribution >= 0.6 is 0 Å². The highest BCUT2D eigenvalue weighted by Crippen LogP contribution is 2.11. The molecule has 0 aromatic heterocycles. The van der Waals surface area contributed by atoms with Crippen molar-refractivity contribution in [2.24, 2.45) is 5.92 Å². The highest BCUT2D eigenvalue weighted by Gasteiger charge is 2.18. The van der Waals surface area contributed by atoms with E-state index in [1.807, 2.05) is 13.8 Å². The zero-order valence-corrected chi connectivity index (χ0v) is 8.67. The van der Waals surface area contributed by atoms with E-state index in [2.05, 4.69) is 5.32 Å². The van der Waals surface area contributed by atoms with E-state index in [0.717, 1.165) is 25.5 Å². The van der Waals surface area contributed by atoms with Crippen LogP contribution in [0.5, 0.6) is 0 Å². The van der Waals surface area contributed by atoms with E-state index in [9.17, 15) is 9.59 Å². The molecule has 76 valence electrons. The SMILES string of the molecule is CCCC(NC(C)=O)C(C=O)CC. The molecule has 1 N–H and O–H groups in total. The molecule has 3 heteroatoms. The maximum atomic E-state index is 10.8. The van der Waals surface area contributed by atoms with Gasteiger partial charge in [-0.15, -0.1) is 0 Å². The quantitative estimate of drug-likeness (QED) is 0.638. The summed E-state index contributed by atoms with van der Waals surface area (Å²) in [6.07, 6.45) is 3.58. The van der Waals surface area contributed by atoms with Crippen molar-refractivity contribution in [3.05, 3.63) is 0 Å². The smallest absolute Gasteiger partial charge is 0.217 e. The molecule has 2 atom stereocenters. The molecule has 0 bridgehead atoms. The Morgan fingerprint density at radius 1 is 1.46 bits per heavy atom. The summed E-state index contributed by atoms with van der Waals surface area (Å²) < 4.78 is 0. The Morgan fingerprint density at radius 2 is 2.08 bits per heavy atom. The van der Waals surface area contributed by atoms with E-state index in [1.165, 1.54) is 6.92 Å². The highest BCUT2D eigenvalue weighted by molar-refractivity contribution is 5.73. The second kappa shape index (κ2) is 6.63. The molecule has 0 aliphatic carbocycles. The van der Waals surface area contributed by atoms with Crippen LogP contribution in [-0.2, 0) is 9.59 Å². The van der Waals surface area contributed by atoms with E-state index in [-0.39, 0.29) is 17.9 Å². The van der Waals surface area contributed by atoms with Crippen molar-refractivity contribution in [1.29, 1.82) is 0 Å². The fourth-order valence-corrected chi connectivity index (χ4v) is 1.44. The summed E-state index contributed by atoms with van der Waals surface area (Å²) in [7, 11) is 0. The van der Waals surface area contributed by atoms with E-state index in [1.54, 1.807) is 0 Å². The molecule has 0 aliphatic rings. The standard InChI is InChI=1S/C10H19NO2/c1-4-6-10(11-8(3)13)9(5-2)7-12/h7,9-10H,4-6H2,1-3H3,(H,11,13). The van der Waals surface area contributed by atoms with E-state index >= 15 is 0 Å². The largest absolute Gasteiger partial charge is 0.353 e. The molecule has 0 aromatic carbocycles. The number of aldehydes is 1. The van der Waals surface area contributed by atoms with Crippen molar-refractivity contribution in [3.8, 4) is 0 Å². The topological polar surface area (TPSA) is 46.2 Å². The van der Waals surface area contributed by atoms with Crippen LogP contribution in [0, 0.1) is 5.92 Å². The summed E-state index contributed by atoms with van der Waals surface area (Å²) in [5, 5.41) is 2.81. The predicted molar refractivity (Wildman–Crippen MR) is 52.4 cm³/mol. The second-order valence-electron chi connectivity index (χ2n) is 3.30. The van der Waals surface area contributed by atoms with Crippen molar-refractivity contribution < 1.29 is 9.59 Å². The Kier molecular flexibility index (Phi) is 6.20. The van der Waals surface area contributed by atoms with Crippen molar-refractivity contribution in [2.75, 3.05) is 0 Å². The molecular weight excluding hydrogens is 166 g/mol. The summed E-state index contributed by atoms with van der Waals surface area (Å²) >= 11 is 0. The van der Waals surface area contributed by atoms with Gasteiger partial charge in [-0.1, -0.05) is 20.3 Å². The molecule has 0 radical (unpaired) electrons. The zero-order chi connectivity index (χ0) is 10.3. The molecule has 0 heterocycles. The van der Waals surface area contributed by atoms with E-state index in [0.29, 0.717) is 0 Å². The van der Waals surface area contributed by atoms with Crippen LogP contribution in [0.2, 0.25) is 0 Å². The Hall–Kier alpha value is -0.860. The third-order valence-electron chi connectivity index (χ3n) is 2.15. The van der Waals surface area contributed by atoms with Gasteiger partial charge in [0, 0.05) is 18.9 Å². The zero-order valence-electron chi connectivity index (χ0n) is 8.67. The van der Waals surface area contributed by atoms with Gasteiger partial charge in [0.25, 0.3) is 0 Å². The molecular formula is C10H19NO2. The number of amides is 1. The van der Waals surface area contributed by atoms with Crippen molar-refractivity contribution in [3.63, 3.8) is 0 Å². The first-order valence-electron chi connectivity index (χ1n) is 4.88. The normalized spacial score (nSPS) is 14.7. The summed E-state index contributed by atoms with van der Waals surface area (Å²) in [4.78, 5) is 21.5. The number of hydrogen-bond acceptors (Lipinski definition) is 2. The third-order valence-corrected chi connectivity index (χ3v) is 2.15. The lowest BCUT2D eigenvalue weighted by molar-refractivity contribution is -0.120. The first-order chi connectivity index (χ1) is 6.15. The first-order valence-corrected chi connectivity index (χ1v) is 4.88. The summed E-state index contributed by atoms with van der Waals surface area (Å²) in [5.74, 6) is -0.0948. The minimum Gasteiger partial charge on any atom is -0.353 e. The molecule has 0 aromatic rings. The van der Waals surface area contributed by atoms with Gasteiger partial charge in [-0.3, -0.25) is 4.79 Å². The van der Waals surface area contributed by atoms with Gasteiger partial charge in [0.05, 0.1) is 0 Å². The third kappa shape index (κ3) is 4.65. The number of nitrogens with one attached hydrogen (secondary N) is 1. The second-order valence-corrected chi connectivity index (χ2v) is 3.30. The number of carbonyl (C=O) groups is 2. The Bertz CT molecular complexity index is 168. The predicted octanol–water partition coefficient (Wildman–Crippen LogP) is 1.52. The van der Waals surface area contributed by atoms with Gasteiger partial charge in [-0.25, -0.2) is 0 Å². The van der Waals surface area contributed by atoms with Crippen molar-refractivity contribution in [1.82, 2.24) is 5.32 Å². The monoisotopic (exact) mass is 185 g/mol. The number of rotatable bonds is 6. The molecule has 3 nitrogen and oxygen atoms in total. The maximum Gasteiger partial charge on any atom is 0.217 e. The van der Waals surface area contributed by atoms with E-state index < -0.39 is 0 Å². The summed E-state index contributed by atoms with van der Waals surface area (Å²) in [5.41, 5.74) is 0. The van der Waals surface area contributed by atoms with Crippen LogP contribution in [0.25, 0.3) is 0 Å². The molecule has 0 spiro atoms. The number of carbonyl (C=O) groups excluding carboxylic acids is 2. The lowest BCUT2D eigenvalue weighted by Crippen LogP contribution is -2.39. The molecule has 0 aliphatic heterocycles. The highest BCUT2D eigenvalue weighted by atomic mass is 16.1. The van der Waals surface area contributed by atoms with Gasteiger partial charge < -0.3 is 10.1 Å².